The summed E-state index contributed by atoms with van der Waals surface area (Å²) in [4.78, 5) is 27.1. The number of carboxylic acids is 1. The van der Waals surface area contributed by atoms with E-state index in [0.717, 1.165) is 5.56 Å². The quantitative estimate of drug-likeness (QED) is 0.631. The first-order valence-corrected chi connectivity index (χ1v) is 8.89. The number of nitrogens with zero attached hydrogens (tertiary/aromatic N) is 5. The van der Waals surface area contributed by atoms with E-state index in [1.54, 1.807) is 31.2 Å². The van der Waals surface area contributed by atoms with E-state index in [2.05, 4.69) is 15.5 Å². The van der Waals surface area contributed by atoms with Crippen LogP contribution in [0.3, 0.4) is 0 Å². The van der Waals surface area contributed by atoms with Crippen molar-refractivity contribution in [1.29, 1.82) is 0 Å². The molecule has 1 aromatic heterocycles. The molecule has 2 aromatic carbocycles. The summed E-state index contributed by atoms with van der Waals surface area (Å²) in [5.74, 6) is -1.92. The van der Waals surface area contributed by atoms with Gasteiger partial charge in [0.2, 0.25) is 5.41 Å². The van der Waals surface area contributed by atoms with Gasteiger partial charge >= 0.3 is 5.97 Å². The average Bonchev–Trinajstić information content (AvgIpc) is 3.17. The Bertz CT molecular complexity index is 958. The first-order valence-electron chi connectivity index (χ1n) is 8.89. The maximum absolute atomic E-state index is 13.4. The predicted octanol–water partition coefficient (Wildman–Crippen LogP) is 2.12. The van der Waals surface area contributed by atoms with E-state index in [1.165, 1.54) is 16.5 Å². The highest BCUT2D eigenvalue weighted by atomic mass is 16.4. The number of rotatable bonds is 7. The lowest BCUT2D eigenvalue weighted by Gasteiger charge is -2.30. The molecule has 8 heteroatoms. The summed E-state index contributed by atoms with van der Waals surface area (Å²) in [6, 6.07) is 18.3. The van der Waals surface area contributed by atoms with E-state index in [4.69, 9.17) is 0 Å². The van der Waals surface area contributed by atoms with Crippen LogP contribution in [0.5, 0.6) is 0 Å². The Hall–Kier alpha value is -3.55. The molecule has 144 valence electrons. The minimum atomic E-state index is -1.94. The van der Waals surface area contributed by atoms with Crippen molar-refractivity contribution in [2.24, 2.45) is 0 Å². The van der Waals surface area contributed by atoms with Gasteiger partial charge in [-0.05, 0) is 42.0 Å². The van der Waals surface area contributed by atoms with Crippen molar-refractivity contribution in [2.75, 3.05) is 11.4 Å². The molecule has 3 aromatic rings. The highest BCUT2D eigenvalue weighted by Crippen LogP contribution is 2.28. The summed E-state index contributed by atoms with van der Waals surface area (Å²) in [5, 5.41) is 21.5. The van der Waals surface area contributed by atoms with Crippen LogP contribution in [0.15, 0.2) is 60.7 Å². The molecular formula is C20H21N5O3. The molecule has 1 atom stereocenters. The second-order valence-corrected chi connectivity index (χ2v) is 6.46. The molecule has 0 fully saturated rings. The average molecular weight is 379 g/mol. The Labute approximate surface area is 162 Å². The number of hydrogen-bond donors (Lipinski definition) is 1. The summed E-state index contributed by atoms with van der Waals surface area (Å²) in [6.07, 6.45) is 0. The first kappa shape index (κ1) is 19.2. The van der Waals surface area contributed by atoms with Gasteiger partial charge in [0.1, 0.15) is 0 Å². The van der Waals surface area contributed by atoms with Crippen LogP contribution in [0.25, 0.3) is 0 Å². The fraction of sp³-hybridized carbons (Fsp3) is 0.250. The molecule has 1 unspecified atom stereocenters. The van der Waals surface area contributed by atoms with Crippen LogP contribution in [0.2, 0.25) is 0 Å². The molecule has 1 heterocycles. The van der Waals surface area contributed by atoms with Crippen LogP contribution >= 0.6 is 0 Å². The number of carboxylic acid groups (broad SMARTS) is 1. The molecule has 3 rings (SSSR count). The smallest absolute Gasteiger partial charge is 0.326 e. The van der Waals surface area contributed by atoms with Crippen molar-refractivity contribution in [3.8, 4) is 0 Å². The zero-order valence-corrected chi connectivity index (χ0v) is 15.7. The van der Waals surface area contributed by atoms with E-state index in [-0.39, 0.29) is 12.4 Å². The maximum atomic E-state index is 13.4. The van der Waals surface area contributed by atoms with Gasteiger partial charge in [0.15, 0.2) is 5.82 Å². The Morgan fingerprint density at radius 1 is 1.07 bits per heavy atom. The highest BCUT2D eigenvalue weighted by molar-refractivity contribution is 6.13. The van der Waals surface area contributed by atoms with Crippen LogP contribution in [0.4, 0.5) is 5.69 Å². The Balaban J connectivity index is 2.02. The first-order chi connectivity index (χ1) is 13.5. The number of aliphatic carboxylic acids is 1. The van der Waals surface area contributed by atoms with Gasteiger partial charge < -0.3 is 10.0 Å². The van der Waals surface area contributed by atoms with E-state index >= 15 is 0 Å². The van der Waals surface area contributed by atoms with Gasteiger partial charge in [-0.1, -0.05) is 48.5 Å². The van der Waals surface area contributed by atoms with Gasteiger partial charge in [0, 0.05) is 12.2 Å². The van der Waals surface area contributed by atoms with Gasteiger partial charge in [-0.25, -0.2) is 4.68 Å². The molecule has 0 spiro atoms. The fourth-order valence-corrected chi connectivity index (χ4v) is 3.03. The number of carbonyl (C=O) groups excluding carboxylic acids is 1. The van der Waals surface area contributed by atoms with Gasteiger partial charge in [0.25, 0.3) is 5.91 Å². The molecule has 1 N–H and O–H groups in total. The Kier molecular flexibility index (Phi) is 5.49. The highest BCUT2D eigenvalue weighted by Gasteiger charge is 2.50. The zero-order valence-electron chi connectivity index (χ0n) is 15.7. The largest absolute Gasteiger partial charge is 0.480 e. The summed E-state index contributed by atoms with van der Waals surface area (Å²) in [5.41, 5.74) is -0.430. The molecule has 8 nitrogen and oxygen atoms in total. The Morgan fingerprint density at radius 3 is 2.25 bits per heavy atom. The number of hydrogen-bond acceptors (Lipinski definition) is 5. The predicted molar refractivity (Wildman–Crippen MR) is 103 cm³/mol. The van der Waals surface area contributed by atoms with E-state index in [0.29, 0.717) is 12.2 Å². The lowest BCUT2D eigenvalue weighted by atomic mass is 9.87. The zero-order chi connectivity index (χ0) is 20.1. The third-order valence-corrected chi connectivity index (χ3v) is 4.64. The minimum absolute atomic E-state index is 0.0109. The van der Waals surface area contributed by atoms with E-state index < -0.39 is 17.3 Å². The molecule has 0 aliphatic rings. The molecule has 0 saturated heterocycles. The third kappa shape index (κ3) is 3.48. The minimum Gasteiger partial charge on any atom is -0.480 e. The topological polar surface area (TPSA) is 101 Å². The molecule has 0 aliphatic heterocycles. The molecule has 0 aliphatic carbocycles. The van der Waals surface area contributed by atoms with Crippen molar-refractivity contribution in [1.82, 2.24) is 20.2 Å². The Morgan fingerprint density at radius 2 is 1.68 bits per heavy atom. The van der Waals surface area contributed by atoms with E-state index in [1.807, 2.05) is 36.4 Å². The SMILES string of the molecule is CCN(C(=O)C(C)(C(=O)O)c1nnnn1Cc1ccccc1)c1ccccc1. The molecular weight excluding hydrogens is 358 g/mol. The summed E-state index contributed by atoms with van der Waals surface area (Å²) >= 11 is 0. The van der Waals surface area contributed by atoms with Crippen LogP contribution in [-0.2, 0) is 21.5 Å². The summed E-state index contributed by atoms with van der Waals surface area (Å²) in [6.45, 7) is 3.71. The second kappa shape index (κ2) is 7.99. The van der Waals surface area contributed by atoms with Crippen LogP contribution in [-0.4, -0.2) is 43.7 Å². The van der Waals surface area contributed by atoms with Crippen molar-refractivity contribution in [2.45, 2.75) is 25.8 Å². The number of amides is 1. The van der Waals surface area contributed by atoms with E-state index in [9.17, 15) is 14.7 Å². The van der Waals surface area contributed by atoms with Crippen LogP contribution in [0, 0.1) is 0 Å². The molecule has 1 amide bonds. The number of aromatic nitrogens is 4. The lowest BCUT2D eigenvalue weighted by Crippen LogP contribution is -2.51. The number of anilines is 1. The van der Waals surface area contributed by atoms with Gasteiger partial charge in [-0.3, -0.25) is 9.59 Å². The second-order valence-electron chi connectivity index (χ2n) is 6.46. The number of carbonyl (C=O) groups is 2. The number of benzene rings is 2. The van der Waals surface area contributed by atoms with Gasteiger partial charge in [-0.15, -0.1) is 5.10 Å². The van der Waals surface area contributed by atoms with Crippen molar-refractivity contribution in [3.05, 3.63) is 72.1 Å². The summed E-state index contributed by atoms with van der Waals surface area (Å²) < 4.78 is 1.36. The van der Waals surface area contributed by atoms with Crippen LogP contribution < -0.4 is 4.90 Å². The molecule has 28 heavy (non-hydrogen) atoms. The molecule has 0 radical (unpaired) electrons. The van der Waals surface area contributed by atoms with Crippen LogP contribution in [0.1, 0.15) is 25.2 Å². The van der Waals surface area contributed by atoms with Gasteiger partial charge in [-0.2, -0.15) is 0 Å². The van der Waals surface area contributed by atoms with Crippen molar-refractivity contribution >= 4 is 17.6 Å². The van der Waals surface area contributed by atoms with Crippen molar-refractivity contribution in [3.63, 3.8) is 0 Å². The van der Waals surface area contributed by atoms with Crippen molar-refractivity contribution < 1.29 is 14.7 Å². The summed E-state index contributed by atoms with van der Waals surface area (Å²) in [7, 11) is 0. The molecule has 0 bridgehead atoms. The number of tetrazole rings is 1. The fourth-order valence-electron chi connectivity index (χ4n) is 3.03. The molecule has 0 saturated carbocycles. The monoisotopic (exact) mass is 379 g/mol. The lowest BCUT2D eigenvalue weighted by molar-refractivity contribution is -0.148. The third-order valence-electron chi connectivity index (χ3n) is 4.64. The standard InChI is InChI=1S/C20H21N5O3/c1-3-24(16-12-8-5-9-13-16)18(26)20(2,19(27)28)17-21-22-23-25(17)14-15-10-6-4-7-11-15/h4-13H,3,14H2,1-2H3,(H,27,28). The maximum Gasteiger partial charge on any atom is 0.326 e. The number of likely N-dealkylation sites (N-methyl/N-ethyl adjacent to an activating group) is 1. The van der Waals surface area contributed by atoms with Gasteiger partial charge in [0.05, 0.1) is 6.54 Å². The number of para-hydroxylation sites is 1. The normalized spacial score (nSPS) is 12.9.